The number of carbonyl (C=O) groups excluding carboxylic acids is 2. The number of hydrogen-bond donors (Lipinski definition) is 2. The van der Waals surface area contributed by atoms with Crippen molar-refractivity contribution in [2.75, 3.05) is 13.1 Å². The third kappa shape index (κ3) is 4.38. The normalized spacial score (nSPS) is 10.8. The summed E-state index contributed by atoms with van der Waals surface area (Å²) >= 11 is 0. The lowest BCUT2D eigenvalue weighted by Crippen LogP contribution is -2.30. The average molecular weight is 384 g/mol. The SMILES string of the molecule is O=C(NCCCNC(=O)c1cnc2ccccc2c1)c1cnc2ccccc2c1. The van der Waals surface area contributed by atoms with Gasteiger partial charge in [-0.2, -0.15) is 0 Å². The molecule has 0 aliphatic rings. The largest absolute Gasteiger partial charge is 0.352 e. The summed E-state index contributed by atoms with van der Waals surface area (Å²) in [5.41, 5.74) is 2.76. The highest BCUT2D eigenvalue weighted by Crippen LogP contribution is 2.13. The molecule has 0 fully saturated rings. The Morgan fingerprint density at radius 2 is 1.14 bits per heavy atom. The Morgan fingerprint density at radius 1 is 0.690 bits per heavy atom. The summed E-state index contributed by atoms with van der Waals surface area (Å²) < 4.78 is 0. The Balaban J connectivity index is 1.25. The van der Waals surface area contributed by atoms with E-state index >= 15 is 0 Å². The molecule has 2 aromatic heterocycles. The van der Waals surface area contributed by atoms with Gasteiger partial charge in [0.05, 0.1) is 22.2 Å². The van der Waals surface area contributed by atoms with E-state index in [4.69, 9.17) is 0 Å². The van der Waals surface area contributed by atoms with Crippen LogP contribution < -0.4 is 10.6 Å². The zero-order valence-electron chi connectivity index (χ0n) is 15.8. The molecule has 0 saturated carbocycles. The maximum atomic E-state index is 12.3. The Bertz CT molecular complexity index is 1100. The molecule has 6 nitrogen and oxygen atoms in total. The minimum atomic E-state index is -0.173. The van der Waals surface area contributed by atoms with Crippen LogP contribution in [0.15, 0.2) is 73.1 Å². The quantitative estimate of drug-likeness (QED) is 0.500. The van der Waals surface area contributed by atoms with Gasteiger partial charge in [-0.3, -0.25) is 19.6 Å². The van der Waals surface area contributed by atoms with Gasteiger partial charge in [0.1, 0.15) is 0 Å². The molecule has 0 unspecified atom stereocenters. The maximum Gasteiger partial charge on any atom is 0.252 e. The predicted molar refractivity (Wildman–Crippen MR) is 113 cm³/mol. The first-order valence-corrected chi connectivity index (χ1v) is 9.47. The molecular weight excluding hydrogens is 364 g/mol. The van der Waals surface area contributed by atoms with Crippen molar-refractivity contribution in [3.63, 3.8) is 0 Å². The summed E-state index contributed by atoms with van der Waals surface area (Å²) in [5.74, 6) is -0.346. The fourth-order valence-corrected chi connectivity index (χ4v) is 3.09. The van der Waals surface area contributed by atoms with Crippen LogP contribution in [0.4, 0.5) is 0 Å². The average Bonchev–Trinajstić information content (AvgIpc) is 2.77. The number of aromatic nitrogens is 2. The van der Waals surface area contributed by atoms with Crippen molar-refractivity contribution in [3.05, 3.63) is 84.2 Å². The van der Waals surface area contributed by atoms with E-state index in [9.17, 15) is 9.59 Å². The fraction of sp³-hybridized carbons (Fsp3) is 0.130. The lowest BCUT2D eigenvalue weighted by Gasteiger charge is -2.08. The lowest BCUT2D eigenvalue weighted by atomic mass is 10.1. The second kappa shape index (κ2) is 8.48. The monoisotopic (exact) mass is 384 g/mol. The van der Waals surface area contributed by atoms with Crippen molar-refractivity contribution in [1.82, 2.24) is 20.6 Å². The first kappa shape index (κ1) is 18.6. The molecule has 6 heteroatoms. The highest BCUT2D eigenvalue weighted by Gasteiger charge is 2.08. The standard InChI is InChI=1S/C23H20N4O2/c28-22(18-12-16-6-1-3-8-20(16)26-14-18)24-10-5-11-25-23(29)19-13-17-7-2-4-9-21(17)27-15-19/h1-4,6-9,12-15H,5,10-11H2,(H,24,28)(H,25,29). The number of pyridine rings is 2. The topological polar surface area (TPSA) is 84.0 Å². The molecule has 2 aromatic carbocycles. The zero-order chi connectivity index (χ0) is 20.1. The van der Waals surface area contributed by atoms with E-state index in [0.717, 1.165) is 21.8 Å². The van der Waals surface area contributed by atoms with Gasteiger partial charge in [0.15, 0.2) is 0 Å². The second-order valence-corrected chi connectivity index (χ2v) is 6.70. The van der Waals surface area contributed by atoms with E-state index in [2.05, 4.69) is 20.6 Å². The molecule has 4 rings (SSSR count). The number of amides is 2. The Hall–Kier alpha value is -3.80. The molecule has 0 aliphatic heterocycles. The minimum Gasteiger partial charge on any atom is -0.352 e. The van der Waals surface area contributed by atoms with Crippen LogP contribution in [0.1, 0.15) is 27.1 Å². The summed E-state index contributed by atoms with van der Waals surface area (Å²) in [5, 5.41) is 7.57. The van der Waals surface area contributed by atoms with Gasteiger partial charge < -0.3 is 10.6 Å². The molecule has 2 heterocycles. The van der Waals surface area contributed by atoms with Gasteiger partial charge in [-0.1, -0.05) is 36.4 Å². The van der Waals surface area contributed by atoms with E-state index in [-0.39, 0.29) is 11.8 Å². The van der Waals surface area contributed by atoms with Crippen LogP contribution in [0.3, 0.4) is 0 Å². The minimum absolute atomic E-state index is 0.173. The van der Waals surface area contributed by atoms with Crippen LogP contribution in [0.2, 0.25) is 0 Å². The smallest absolute Gasteiger partial charge is 0.252 e. The third-order valence-electron chi connectivity index (χ3n) is 4.63. The molecule has 0 spiro atoms. The van der Waals surface area contributed by atoms with E-state index in [1.54, 1.807) is 12.4 Å². The van der Waals surface area contributed by atoms with Crippen LogP contribution >= 0.6 is 0 Å². The molecule has 0 saturated heterocycles. The van der Waals surface area contributed by atoms with E-state index in [1.165, 1.54) is 0 Å². The van der Waals surface area contributed by atoms with Crippen LogP contribution in [-0.2, 0) is 0 Å². The molecule has 0 aliphatic carbocycles. The number of para-hydroxylation sites is 2. The number of nitrogens with zero attached hydrogens (tertiary/aromatic N) is 2. The van der Waals surface area contributed by atoms with E-state index in [0.29, 0.717) is 30.6 Å². The number of fused-ring (bicyclic) bond motifs is 2. The van der Waals surface area contributed by atoms with Crippen molar-refractivity contribution >= 4 is 33.6 Å². The maximum absolute atomic E-state index is 12.3. The summed E-state index contributed by atoms with van der Waals surface area (Å²) in [6, 6.07) is 19.0. The number of rotatable bonds is 6. The van der Waals surface area contributed by atoms with Crippen molar-refractivity contribution in [2.24, 2.45) is 0 Å². The molecule has 2 amide bonds. The van der Waals surface area contributed by atoms with Gasteiger partial charge in [-0.05, 0) is 30.7 Å². The Morgan fingerprint density at radius 3 is 1.62 bits per heavy atom. The molecule has 4 aromatic rings. The van der Waals surface area contributed by atoms with Gasteiger partial charge >= 0.3 is 0 Å². The molecule has 0 bridgehead atoms. The highest BCUT2D eigenvalue weighted by atomic mass is 16.2. The predicted octanol–water partition coefficient (Wildman–Crippen LogP) is 3.33. The van der Waals surface area contributed by atoms with E-state index < -0.39 is 0 Å². The lowest BCUT2D eigenvalue weighted by molar-refractivity contribution is 0.0951. The Kier molecular flexibility index (Phi) is 5.42. The van der Waals surface area contributed by atoms with Crippen molar-refractivity contribution in [3.8, 4) is 0 Å². The number of carbonyl (C=O) groups is 2. The zero-order valence-corrected chi connectivity index (χ0v) is 15.8. The van der Waals surface area contributed by atoms with Gasteiger partial charge in [0.2, 0.25) is 0 Å². The third-order valence-corrected chi connectivity index (χ3v) is 4.63. The number of nitrogens with one attached hydrogen (secondary N) is 2. The van der Waals surface area contributed by atoms with Crippen molar-refractivity contribution in [2.45, 2.75) is 6.42 Å². The van der Waals surface area contributed by atoms with Crippen LogP contribution in [-0.4, -0.2) is 34.9 Å². The van der Waals surface area contributed by atoms with Gasteiger partial charge in [-0.15, -0.1) is 0 Å². The summed E-state index contributed by atoms with van der Waals surface area (Å²) in [6.07, 6.45) is 3.78. The number of benzene rings is 2. The van der Waals surface area contributed by atoms with Crippen LogP contribution in [0.5, 0.6) is 0 Å². The molecule has 144 valence electrons. The van der Waals surface area contributed by atoms with E-state index in [1.807, 2.05) is 60.7 Å². The molecule has 0 radical (unpaired) electrons. The fourth-order valence-electron chi connectivity index (χ4n) is 3.09. The summed E-state index contributed by atoms with van der Waals surface area (Å²) in [7, 11) is 0. The molecule has 2 N–H and O–H groups in total. The first-order valence-electron chi connectivity index (χ1n) is 9.47. The first-order chi connectivity index (χ1) is 14.2. The summed E-state index contributed by atoms with van der Waals surface area (Å²) in [6.45, 7) is 0.920. The van der Waals surface area contributed by atoms with Gasteiger partial charge in [0.25, 0.3) is 11.8 Å². The van der Waals surface area contributed by atoms with Crippen molar-refractivity contribution < 1.29 is 9.59 Å². The van der Waals surface area contributed by atoms with Crippen molar-refractivity contribution in [1.29, 1.82) is 0 Å². The van der Waals surface area contributed by atoms with Gasteiger partial charge in [-0.25, -0.2) is 0 Å². The number of hydrogen-bond acceptors (Lipinski definition) is 4. The molecule has 29 heavy (non-hydrogen) atoms. The molecular formula is C23H20N4O2. The van der Waals surface area contributed by atoms with Crippen LogP contribution in [0, 0.1) is 0 Å². The highest BCUT2D eigenvalue weighted by molar-refractivity contribution is 5.98. The summed E-state index contributed by atoms with van der Waals surface area (Å²) in [4.78, 5) is 33.2. The Labute approximate surface area is 168 Å². The molecule has 0 atom stereocenters. The van der Waals surface area contributed by atoms with Crippen LogP contribution in [0.25, 0.3) is 21.8 Å². The van der Waals surface area contributed by atoms with Gasteiger partial charge in [0, 0.05) is 36.3 Å². The second-order valence-electron chi connectivity index (χ2n) is 6.70.